The number of hydrogen-bond donors (Lipinski definition) is 2. The number of halogens is 2. The second-order valence-electron chi connectivity index (χ2n) is 4.46. The number of fused-ring (bicyclic) bond motifs is 1. The van der Waals surface area contributed by atoms with E-state index in [4.69, 9.17) is 9.67 Å². The molecule has 3 aromatic rings. The van der Waals surface area contributed by atoms with Crippen LogP contribution in [0.2, 0.25) is 0 Å². The van der Waals surface area contributed by atoms with Crippen LogP contribution in [0.25, 0.3) is 11.0 Å². The molecule has 0 fully saturated rings. The molecular formula is C14H10F2N2O3. The van der Waals surface area contributed by atoms with Crippen molar-refractivity contribution < 1.29 is 23.3 Å². The first-order valence-electron chi connectivity index (χ1n) is 6.00. The molecule has 0 saturated carbocycles. The molecule has 0 radical (unpaired) electrons. The van der Waals surface area contributed by atoms with Gasteiger partial charge < -0.3 is 9.73 Å². The summed E-state index contributed by atoms with van der Waals surface area (Å²) in [6, 6.07) is 4.55. The highest BCUT2D eigenvalue weighted by molar-refractivity contribution is 5.95. The quantitative estimate of drug-likeness (QED) is 0.564. The third kappa shape index (κ3) is 2.27. The van der Waals surface area contributed by atoms with Gasteiger partial charge in [-0.2, -0.15) is 5.26 Å². The molecule has 21 heavy (non-hydrogen) atoms. The Morgan fingerprint density at radius 2 is 2.05 bits per heavy atom. The average molecular weight is 292 g/mol. The van der Waals surface area contributed by atoms with Gasteiger partial charge in [0.25, 0.3) is 0 Å². The molecule has 0 bridgehead atoms. The first-order chi connectivity index (χ1) is 10.1. The Balaban J connectivity index is 2.13. The number of anilines is 2. The lowest BCUT2D eigenvalue weighted by atomic mass is 10.2. The van der Waals surface area contributed by atoms with Crippen LogP contribution < -0.4 is 10.2 Å². The molecule has 0 aliphatic rings. The van der Waals surface area contributed by atoms with Gasteiger partial charge in [-0.05, 0) is 24.6 Å². The molecule has 0 unspecified atom stereocenters. The Labute approximate surface area is 117 Å². The maximum absolute atomic E-state index is 13.9. The van der Waals surface area contributed by atoms with E-state index in [9.17, 15) is 8.78 Å². The fourth-order valence-electron chi connectivity index (χ4n) is 2.00. The van der Waals surface area contributed by atoms with Gasteiger partial charge in [0.15, 0.2) is 11.4 Å². The summed E-state index contributed by atoms with van der Waals surface area (Å²) in [6.07, 6.45) is 2.28. The van der Waals surface area contributed by atoms with Crippen LogP contribution in [0.3, 0.4) is 0 Å². The lowest BCUT2D eigenvalue weighted by molar-refractivity contribution is -0.153. The second kappa shape index (κ2) is 5.02. The van der Waals surface area contributed by atoms with Gasteiger partial charge in [-0.1, -0.05) is 6.07 Å². The van der Waals surface area contributed by atoms with E-state index >= 15 is 0 Å². The number of benzene rings is 1. The summed E-state index contributed by atoms with van der Waals surface area (Å²) < 4.78 is 32.5. The highest BCUT2D eigenvalue weighted by Crippen LogP contribution is 2.39. The van der Waals surface area contributed by atoms with Gasteiger partial charge in [0.1, 0.15) is 11.5 Å². The maximum atomic E-state index is 13.9. The summed E-state index contributed by atoms with van der Waals surface area (Å²) >= 11 is 0. The van der Waals surface area contributed by atoms with E-state index < -0.39 is 11.6 Å². The Morgan fingerprint density at radius 3 is 2.76 bits per heavy atom. The molecule has 3 rings (SSSR count). The van der Waals surface area contributed by atoms with Crippen LogP contribution in [0.1, 0.15) is 5.56 Å². The van der Waals surface area contributed by atoms with Crippen LogP contribution in [0.4, 0.5) is 20.2 Å². The number of aryl methyl sites for hydroxylation is 1. The number of rotatable bonds is 3. The van der Waals surface area contributed by atoms with E-state index in [1.165, 1.54) is 18.3 Å². The van der Waals surface area contributed by atoms with E-state index in [0.29, 0.717) is 0 Å². The van der Waals surface area contributed by atoms with Crippen LogP contribution in [-0.4, -0.2) is 10.2 Å². The van der Waals surface area contributed by atoms with E-state index in [0.717, 1.165) is 11.8 Å². The molecule has 2 heterocycles. The zero-order valence-corrected chi connectivity index (χ0v) is 10.9. The minimum atomic E-state index is -0.719. The Morgan fingerprint density at radius 1 is 1.24 bits per heavy atom. The first kappa shape index (κ1) is 13.3. The van der Waals surface area contributed by atoms with Gasteiger partial charge in [0, 0.05) is 6.20 Å². The lowest BCUT2D eigenvalue weighted by Gasteiger charge is -2.07. The summed E-state index contributed by atoms with van der Waals surface area (Å²) in [5.41, 5.74) is 0.818. The molecule has 0 aliphatic heterocycles. The predicted octanol–water partition coefficient (Wildman–Crippen LogP) is 4.01. The summed E-state index contributed by atoms with van der Waals surface area (Å²) in [7, 11) is 0. The molecule has 0 amide bonds. The molecular weight excluding hydrogens is 282 g/mol. The van der Waals surface area contributed by atoms with Crippen molar-refractivity contribution in [2.75, 3.05) is 5.32 Å². The maximum Gasteiger partial charge on any atom is 0.347 e. The van der Waals surface area contributed by atoms with Crippen molar-refractivity contribution in [3.63, 3.8) is 0 Å². The van der Waals surface area contributed by atoms with Crippen LogP contribution in [0.15, 0.2) is 35.0 Å². The normalized spacial score (nSPS) is 10.9. The standard InChI is InChI=1S/C14H10F2N2O3/c1-7-2-3-11(9(15)4-7)18-12-8-5-17-6-10(16)13(8)20-14(12)21-19/h2-6,18-19H,1H3. The van der Waals surface area contributed by atoms with Gasteiger partial charge in [0.05, 0.1) is 17.3 Å². The molecule has 2 aromatic heterocycles. The van der Waals surface area contributed by atoms with Gasteiger partial charge in [-0.15, -0.1) is 0 Å². The zero-order chi connectivity index (χ0) is 15.0. The van der Waals surface area contributed by atoms with Crippen molar-refractivity contribution in [3.05, 3.63) is 47.8 Å². The number of nitrogens with one attached hydrogen (secondary N) is 1. The van der Waals surface area contributed by atoms with E-state index in [1.807, 2.05) is 0 Å². The van der Waals surface area contributed by atoms with Crippen molar-refractivity contribution in [1.82, 2.24) is 4.98 Å². The summed E-state index contributed by atoms with van der Waals surface area (Å²) in [5, 5.41) is 11.8. The molecule has 108 valence electrons. The number of furan rings is 1. The van der Waals surface area contributed by atoms with Crippen molar-refractivity contribution >= 4 is 22.3 Å². The van der Waals surface area contributed by atoms with Gasteiger partial charge >= 0.3 is 5.95 Å². The second-order valence-corrected chi connectivity index (χ2v) is 4.46. The van der Waals surface area contributed by atoms with E-state index in [1.54, 1.807) is 13.0 Å². The average Bonchev–Trinajstić information content (AvgIpc) is 2.81. The minimum absolute atomic E-state index is 0.0854. The SMILES string of the molecule is Cc1ccc(Nc2c(OO)oc3c(F)cncc23)c(F)c1. The smallest absolute Gasteiger partial charge is 0.347 e. The Kier molecular flexibility index (Phi) is 3.19. The molecule has 2 N–H and O–H groups in total. The first-order valence-corrected chi connectivity index (χ1v) is 6.00. The predicted molar refractivity (Wildman–Crippen MR) is 71.6 cm³/mol. The van der Waals surface area contributed by atoms with Crippen molar-refractivity contribution in [2.45, 2.75) is 6.92 Å². The number of pyridine rings is 1. The van der Waals surface area contributed by atoms with Crippen molar-refractivity contribution in [1.29, 1.82) is 0 Å². The lowest BCUT2D eigenvalue weighted by Crippen LogP contribution is -1.96. The van der Waals surface area contributed by atoms with E-state index in [2.05, 4.69) is 15.2 Å². The van der Waals surface area contributed by atoms with Gasteiger partial charge in [-0.3, -0.25) is 9.87 Å². The minimum Gasteiger partial charge on any atom is -0.419 e. The molecule has 7 heteroatoms. The fraction of sp³-hybridized carbons (Fsp3) is 0.0714. The molecule has 1 aromatic carbocycles. The molecule has 0 saturated heterocycles. The number of hydrogen-bond acceptors (Lipinski definition) is 5. The monoisotopic (exact) mass is 292 g/mol. The fourth-order valence-corrected chi connectivity index (χ4v) is 2.00. The third-order valence-electron chi connectivity index (χ3n) is 2.99. The van der Waals surface area contributed by atoms with Gasteiger partial charge in [-0.25, -0.2) is 8.78 Å². The highest BCUT2D eigenvalue weighted by atomic mass is 19.1. The van der Waals surface area contributed by atoms with Gasteiger partial charge in [0.2, 0.25) is 0 Å². The molecule has 0 spiro atoms. The third-order valence-corrected chi connectivity index (χ3v) is 2.99. The molecule has 5 nitrogen and oxygen atoms in total. The summed E-state index contributed by atoms with van der Waals surface area (Å²) in [6.45, 7) is 1.75. The van der Waals surface area contributed by atoms with Crippen molar-refractivity contribution in [2.24, 2.45) is 0 Å². The van der Waals surface area contributed by atoms with Crippen LogP contribution in [-0.2, 0) is 0 Å². The molecule has 0 aliphatic carbocycles. The molecule has 0 atom stereocenters. The Hall–Kier alpha value is -2.67. The highest BCUT2D eigenvalue weighted by Gasteiger charge is 2.20. The zero-order valence-electron chi connectivity index (χ0n) is 10.9. The number of aromatic nitrogens is 1. The van der Waals surface area contributed by atoms with Crippen LogP contribution in [0.5, 0.6) is 5.95 Å². The Bertz CT molecular complexity index is 817. The van der Waals surface area contributed by atoms with Crippen LogP contribution in [0, 0.1) is 18.6 Å². The van der Waals surface area contributed by atoms with E-state index in [-0.39, 0.29) is 28.3 Å². The summed E-state index contributed by atoms with van der Waals surface area (Å²) in [4.78, 5) is 7.77. The van der Waals surface area contributed by atoms with Crippen LogP contribution >= 0.6 is 0 Å². The summed E-state index contributed by atoms with van der Waals surface area (Å²) in [5.74, 6) is -1.60. The van der Waals surface area contributed by atoms with Crippen molar-refractivity contribution in [3.8, 4) is 5.95 Å². The largest absolute Gasteiger partial charge is 0.419 e. The topological polar surface area (TPSA) is 67.5 Å². The number of nitrogens with zero attached hydrogens (tertiary/aromatic N) is 1.